The zero-order valence-electron chi connectivity index (χ0n) is 12.2. The Morgan fingerprint density at radius 1 is 1.22 bits per heavy atom. The summed E-state index contributed by atoms with van der Waals surface area (Å²) in [5, 5.41) is 9.49. The second-order valence-electron chi connectivity index (χ2n) is 4.93. The lowest BCUT2D eigenvalue weighted by Crippen LogP contribution is -1.87. The van der Waals surface area contributed by atoms with Crippen molar-refractivity contribution in [1.82, 2.24) is 0 Å². The molecule has 0 aliphatic carbocycles. The van der Waals surface area contributed by atoms with Crippen molar-refractivity contribution in [2.75, 3.05) is 7.11 Å². The third-order valence-electron chi connectivity index (χ3n) is 3.37. The number of carboxylic acid groups (broad SMARTS) is 1. The fraction of sp³-hybridized carbons (Fsp3) is 0.0556. The SMILES string of the molecule is COc1cc(/C=C/C(=O)O)cc2cc(-c3ccc(F)cc3)oc12. The molecule has 0 saturated carbocycles. The highest BCUT2D eigenvalue weighted by Gasteiger charge is 2.12. The molecule has 5 heteroatoms. The molecule has 4 nitrogen and oxygen atoms in total. The molecule has 116 valence electrons. The van der Waals surface area contributed by atoms with Gasteiger partial charge in [0.15, 0.2) is 11.3 Å². The molecule has 1 N–H and O–H groups in total. The van der Waals surface area contributed by atoms with Gasteiger partial charge in [0.05, 0.1) is 7.11 Å². The molecule has 0 aliphatic rings. The summed E-state index contributed by atoms with van der Waals surface area (Å²) >= 11 is 0. The van der Waals surface area contributed by atoms with E-state index < -0.39 is 5.97 Å². The van der Waals surface area contributed by atoms with Crippen LogP contribution in [0.5, 0.6) is 5.75 Å². The Balaban J connectivity index is 2.10. The van der Waals surface area contributed by atoms with Gasteiger partial charge in [-0.3, -0.25) is 0 Å². The van der Waals surface area contributed by atoms with Gasteiger partial charge in [-0.15, -0.1) is 0 Å². The van der Waals surface area contributed by atoms with Crippen LogP contribution in [0.25, 0.3) is 28.4 Å². The molecule has 1 heterocycles. The van der Waals surface area contributed by atoms with Crippen LogP contribution in [0.1, 0.15) is 5.56 Å². The fourth-order valence-electron chi connectivity index (χ4n) is 2.31. The Bertz CT molecular complexity index is 891. The van der Waals surface area contributed by atoms with Crippen LogP contribution >= 0.6 is 0 Å². The molecule has 0 radical (unpaired) electrons. The highest BCUT2D eigenvalue weighted by atomic mass is 19.1. The number of hydrogen-bond donors (Lipinski definition) is 1. The summed E-state index contributed by atoms with van der Waals surface area (Å²) in [5.74, 6) is -0.259. The molecule has 0 saturated heterocycles. The summed E-state index contributed by atoms with van der Waals surface area (Å²) in [4.78, 5) is 10.6. The van der Waals surface area contributed by atoms with Gasteiger partial charge in [-0.1, -0.05) is 0 Å². The lowest BCUT2D eigenvalue weighted by molar-refractivity contribution is -0.131. The van der Waals surface area contributed by atoms with Crippen LogP contribution in [0.15, 0.2) is 53.0 Å². The number of carboxylic acids is 1. The van der Waals surface area contributed by atoms with Crippen molar-refractivity contribution >= 4 is 23.0 Å². The van der Waals surface area contributed by atoms with Gasteiger partial charge in [-0.05, 0) is 54.1 Å². The summed E-state index contributed by atoms with van der Waals surface area (Å²) in [6, 6.07) is 11.3. The summed E-state index contributed by atoms with van der Waals surface area (Å²) < 4.78 is 24.1. The van der Waals surface area contributed by atoms with Crippen molar-refractivity contribution in [2.24, 2.45) is 0 Å². The Labute approximate surface area is 131 Å². The molecule has 1 aromatic heterocycles. The number of fused-ring (bicyclic) bond motifs is 1. The number of furan rings is 1. The number of benzene rings is 2. The van der Waals surface area contributed by atoms with Gasteiger partial charge >= 0.3 is 5.97 Å². The maximum absolute atomic E-state index is 13.0. The van der Waals surface area contributed by atoms with Gasteiger partial charge in [0.25, 0.3) is 0 Å². The number of carbonyl (C=O) groups is 1. The van der Waals surface area contributed by atoms with Gasteiger partial charge in [-0.25, -0.2) is 9.18 Å². The van der Waals surface area contributed by atoms with Crippen LogP contribution in [-0.2, 0) is 4.79 Å². The molecule has 0 fully saturated rings. The second-order valence-corrected chi connectivity index (χ2v) is 4.93. The van der Waals surface area contributed by atoms with Crippen molar-refractivity contribution in [3.05, 3.63) is 59.9 Å². The molecular weight excluding hydrogens is 299 g/mol. The van der Waals surface area contributed by atoms with Crippen LogP contribution in [-0.4, -0.2) is 18.2 Å². The minimum absolute atomic E-state index is 0.316. The molecule has 0 aliphatic heterocycles. The van der Waals surface area contributed by atoms with Crippen molar-refractivity contribution in [2.45, 2.75) is 0 Å². The fourth-order valence-corrected chi connectivity index (χ4v) is 2.31. The van der Waals surface area contributed by atoms with Crippen molar-refractivity contribution < 1.29 is 23.4 Å². The van der Waals surface area contributed by atoms with Gasteiger partial charge < -0.3 is 14.3 Å². The van der Waals surface area contributed by atoms with E-state index in [2.05, 4.69) is 0 Å². The lowest BCUT2D eigenvalue weighted by Gasteiger charge is -2.02. The number of ether oxygens (including phenoxy) is 1. The lowest BCUT2D eigenvalue weighted by atomic mass is 10.1. The smallest absolute Gasteiger partial charge is 0.328 e. The van der Waals surface area contributed by atoms with Gasteiger partial charge in [0.1, 0.15) is 11.6 Å². The number of halogens is 1. The van der Waals surface area contributed by atoms with E-state index >= 15 is 0 Å². The highest BCUT2D eigenvalue weighted by Crippen LogP contribution is 2.35. The number of methoxy groups -OCH3 is 1. The molecule has 0 spiro atoms. The topological polar surface area (TPSA) is 59.7 Å². The molecular formula is C18H13FO4. The Morgan fingerprint density at radius 3 is 2.61 bits per heavy atom. The number of aliphatic carboxylic acids is 1. The standard InChI is InChI=1S/C18H13FO4/c1-22-16-9-11(2-7-17(20)21)8-13-10-15(23-18(13)16)12-3-5-14(19)6-4-12/h2-10H,1H3,(H,20,21)/b7-2+. The van der Waals surface area contributed by atoms with Crippen LogP contribution in [0.4, 0.5) is 4.39 Å². The van der Waals surface area contributed by atoms with E-state index in [0.29, 0.717) is 22.7 Å². The molecule has 0 unspecified atom stereocenters. The van der Waals surface area contributed by atoms with E-state index in [4.69, 9.17) is 14.3 Å². The van der Waals surface area contributed by atoms with Crippen molar-refractivity contribution in [1.29, 1.82) is 0 Å². The molecule has 3 aromatic rings. The molecule has 0 bridgehead atoms. The summed E-state index contributed by atoms with van der Waals surface area (Å²) in [5.41, 5.74) is 1.98. The quantitative estimate of drug-likeness (QED) is 0.728. The maximum Gasteiger partial charge on any atom is 0.328 e. The van der Waals surface area contributed by atoms with E-state index in [9.17, 15) is 9.18 Å². The van der Waals surface area contributed by atoms with Crippen molar-refractivity contribution in [3.63, 3.8) is 0 Å². The van der Waals surface area contributed by atoms with E-state index in [1.54, 1.807) is 24.3 Å². The Morgan fingerprint density at radius 2 is 1.96 bits per heavy atom. The van der Waals surface area contributed by atoms with E-state index in [-0.39, 0.29) is 5.82 Å². The van der Waals surface area contributed by atoms with Crippen LogP contribution in [0.2, 0.25) is 0 Å². The molecule has 23 heavy (non-hydrogen) atoms. The van der Waals surface area contributed by atoms with Crippen LogP contribution < -0.4 is 4.74 Å². The average molecular weight is 312 g/mol. The van der Waals surface area contributed by atoms with Crippen LogP contribution in [0, 0.1) is 5.82 Å². The highest BCUT2D eigenvalue weighted by molar-refractivity contribution is 5.91. The van der Waals surface area contributed by atoms with Gasteiger partial charge in [-0.2, -0.15) is 0 Å². The molecule has 3 rings (SSSR count). The van der Waals surface area contributed by atoms with Crippen LogP contribution in [0.3, 0.4) is 0 Å². The van der Waals surface area contributed by atoms with Gasteiger partial charge in [0, 0.05) is 17.0 Å². The third kappa shape index (κ3) is 3.08. The van der Waals surface area contributed by atoms with E-state index in [0.717, 1.165) is 17.0 Å². The first-order chi connectivity index (χ1) is 11.1. The average Bonchev–Trinajstić information content (AvgIpc) is 2.96. The number of rotatable bonds is 4. The normalized spacial score (nSPS) is 11.2. The largest absolute Gasteiger partial charge is 0.493 e. The maximum atomic E-state index is 13.0. The van der Waals surface area contributed by atoms with Gasteiger partial charge in [0.2, 0.25) is 0 Å². The molecule has 0 atom stereocenters. The summed E-state index contributed by atoms with van der Waals surface area (Å²) in [7, 11) is 1.51. The minimum Gasteiger partial charge on any atom is -0.493 e. The summed E-state index contributed by atoms with van der Waals surface area (Å²) in [6.07, 6.45) is 2.54. The van der Waals surface area contributed by atoms with E-state index in [1.165, 1.54) is 25.3 Å². The second kappa shape index (κ2) is 5.96. The first-order valence-corrected chi connectivity index (χ1v) is 6.85. The molecule has 0 amide bonds. The van der Waals surface area contributed by atoms with Crippen molar-refractivity contribution in [3.8, 4) is 17.1 Å². The first-order valence-electron chi connectivity index (χ1n) is 6.85. The first kappa shape index (κ1) is 14.8. The summed E-state index contributed by atoms with van der Waals surface area (Å²) in [6.45, 7) is 0. The monoisotopic (exact) mass is 312 g/mol. The number of hydrogen-bond acceptors (Lipinski definition) is 3. The predicted molar refractivity (Wildman–Crippen MR) is 84.8 cm³/mol. The Kier molecular flexibility index (Phi) is 3.85. The molecule has 2 aromatic carbocycles. The third-order valence-corrected chi connectivity index (χ3v) is 3.37. The van der Waals surface area contributed by atoms with E-state index in [1.807, 2.05) is 6.07 Å². The predicted octanol–water partition coefficient (Wildman–Crippen LogP) is 4.35. The Hall–Kier alpha value is -3.08. The zero-order chi connectivity index (χ0) is 16.4. The minimum atomic E-state index is -1.02. The zero-order valence-corrected chi connectivity index (χ0v) is 12.2.